The molecule has 31 heavy (non-hydrogen) atoms. The molecule has 0 atom stereocenters. The summed E-state index contributed by atoms with van der Waals surface area (Å²) in [6.45, 7) is 2.00. The fraction of sp³-hybridized carbons (Fsp3) is 0.120. The summed E-state index contributed by atoms with van der Waals surface area (Å²) in [4.78, 5) is 20.8. The van der Waals surface area contributed by atoms with Gasteiger partial charge in [-0.15, -0.1) is 0 Å². The number of halogens is 1. The number of rotatable bonds is 6. The van der Waals surface area contributed by atoms with Crippen molar-refractivity contribution in [2.45, 2.75) is 13.3 Å². The largest absolute Gasteiger partial charge is 0.496 e. The molecule has 0 unspecified atom stereocenters. The maximum absolute atomic E-state index is 13.0. The van der Waals surface area contributed by atoms with Crippen molar-refractivity contribution in [3.05, 3.63) is 89.1 Å². The van der Waals surface area contributed by atoms with E-state index in [2.05, 4.69) is 15.3 Å². The highest BCUT2D eigenvalue weighted by Gasteiger charge is 2.16. The smallest absolute Gasteiger partial charge is 0.256 e. The van der Waals surface area contributed by atoms with Gasteiger partial charge in [-0.1, -0.05) is 54.9 Å². The van der Waals surface area contributed by atoms with Crippen molar-refractivity contribution in [3.63, 3.8) is 0 Å². The highest BCUT2D eigenvalue weighted by atomic mass is 35.5. The molecule has 0 saturated carbocycles. The molecule has 0 aliphatic rings. The molecule has 1 amide bonds. The third-order valence-electron chi connectivity index (χ3n) is 5.09. The highest BCUT2D eigenvalue weighted by Crippen LogP contribution is 2.31. The number of nitrogens with one attached hydrogen (secondary N) is 2. The van der Waals surface area contributed by atoms with E-state index in [0.29, 0.717) is 39.8 Å². The third kappa shape index (κ3) is 4.32. The Morgan fingerprint density at radius 3 is 2.65 bits per heavy atom. The van der Waals surface area contributed by atoms with Gasteiger partial charge in [-0.2, -0.15) is 0 Å². The summed E-state index contributed by atoms with van der Waals surface area (Å²) in [5.41, 5.74) is 4.73. The number of carbonyl (C=O) groups is 1. The summed E-state index contributed by atoms with van der Waals surface area (Å²) in [5.74, 6) is 1.14. The molecular weight excluding hydrogens is 410 g/mol. The van der Waals surface area contributed by atoms with Gasteiger partial charge < -0.3 is 15.0 Å². The van der Waals surface area contributed by atoms with Crippen LogP contribution < -0.4 is 10.1 Å². The molecule has 6 heteroatoms. The van der Waals surface area contributed by atoms with Crippen LogP contribution in [0.2, 0.25) is 5.02 Å². The van der Waals surface area contributed by atoms with E-state index >= 15 is 0 Å². The summed E-state index contributed by atoms with van der Waals surface area (Å²) in [6.07, 6.45) is 2.46. The molecule has 4 rings (SSSR count). The molecule has 0 aliphatic heterocycles. The van der Waals surface area contributed by atoms with Crippen molar-refractivity contribution in [2.75, 3.05) is 12.4 Å². The first-order chi connectivity index (χ1) is 15.1. The van der Waals surface area contributed by atoms with Crippen LogP contribution in [-0.2, 0) is 6.42 Å². The van der Waals surface area contributed by atoms with Gasteiger partial charge in [0.25, 0.3) is 5.91 Å². The van der Waals surface area contributed by atoms with Crippen molar-refractivity contribution in [2.24, 2.45) is 0 Å². The zero-order chi connectivity index (χ0) is 21.8. The van der Waals surface area contributed by atoms with Crippen molar-refractivity contribution in [1.29, 1.82) is 0 Å². The molecule has 2 N–H and O–H groups in total. The van der Waals surface area contributed by atoms with Crippen LogP contribution in [0, 0.1) is 0 Å². The number of imidazole rings is 1. The van der Waals surface area contributed by atoms with Gasteiger partial charge in [-0.05, 0) is 42.3 Å². The van der Waals surface area contributed by atoms with E-state index in [9.17, 15) is 4.79 Å². The third-order valence-corrected chi connectivity index (χ3v) is 5.42. The molecule has 0 spiro atoms. The quantitative estimate of drug-likeness (QED) is 0.380. The van der Waals surface area contributed by atoms with Gasteiger partial charge >= 0.3 is 0 Å². The molecule has 4 aromatic rings. The number of methoxy groups -OCH3 is 1. The van der Waals surface area contributed by atoms with Gasteiger partial charge in [0.15, 0.2) is 0 Å². The van der Waals surface area contributed by atoms with Gasteiger partial charge in [0, 0.05) is 22.4 Å². The lowest BCUT2D eigenvalue weighted by Gasteiger charge is -2.13. The van der Waals surface area contributed by atoms with Crippen molar-refractivity contribution in [3.8, 4) is 28.4 Å². The maximum Gasteiger partial charge on any atom is 0.256 e. The van der Waals surface area contributed by atoms with Crippen LogP contribution in [0.1, 0.15) is 22.8 Å². The summed E-state index contributed by atoms with van der Waals surface area (Å²) >= 11 is 6.44. The van der Waals surface area contributed by atoms with Crippen molar-refractivity contribution in [1.82, 2.24) is 9.97 Å². The lowest BCUT2D eigenvalue weighted by Crippen LogP contribution is -2.14. The zero-order valence-electron chi connectivity index (χ0n) is 17.3. The second-order valence-electron chi connectivity index (χ2n) is 7.00. The Hall–Kier alpha value is -3.57. The van der Waals surface area contributed by atoms with Gasteiger partial charge in [-0.3, -0.25) is 4.79 Å². The Labute approximate surface area is 186 Å². The molecule has 0 radical (unpaired) electrons. The second kappa shape index (κ2) is 9.06. The molecule has 0 saturated heterocycles. The first-order valence-electron chi connectivity index (χ1n) is 9.98. The SMILES string of the molecule is CCc1c(OC)cccc1C(=O)Nc1ccc(Cl)c(-c2ncc(-c3ccccc3)[nH]2)c1. The lowest BCUT2D eigenvalue weighted by molar-refractivity contribution is 0.102. The first-order valence-corrected chi connectivity index (χ1v) is 10.4. The Morgan fingerprint density at radius 2 is 1.90 bits per heavy atom. The molecule has 3 aromatic carbocycles. The number of benzene rings is 3. The number of H-pyrrole nitrogens is 1. The average molecular weight is 432 g/mol. The van der Waals surface area contributed by atoms with Gasteiger partial charge in [0.2, 0.25) is 0 Å². The summed E-state index contributed by atoms with van der Waals surface area (Å²) in [5, 5.41) is 3.51. The number of anilines is 1. The number of ether oxygens (including phenoxy) is 1. The minimum atomic E-state index is -0.201. The van der Waals surface area contributed by atoms with E-state index in [0.717, 1.165) is 16.8 Å². The van der Waals surface area contributed by atoms with Crippen molar-refractivity contribution >= 4 is 23.2 Å². The van der Waals surface area contributed by atoms with Crippen LogP contribution in [0.15, 0.2) is 72.9 Å². The highest BCUT2D eigenvalue weighted by molar-refractivity contribution is 6.33. The van der Waals surface area contributed by atoms with E-state index in [1.807, 2.05) is 55.5 Å². The molecule has 0 aliphatic carbocycles. The average Bonchev–Trinajstić information content (AvgIpc) is 3.30. The fourth-order valence-corrected chi connectivity index (χ4v) is 3.75. The second-order valence-corrected chi connectivity index (χ2v) is 7.41. The number of aromatic nitrogens is 2. The molecule has 1 heterocycles. The van der Waals surface area contributed by atoms with Crippen LogP contribution in [0.25, 0.3) is 22.6 Å². The molecule has 0 bridgehead atoms. The Morgan fingerprint density at radius 1 is 1.10 bits per heavy atom. The standard InChI is InChI=1S/C25H22ClN3O2/c1-3-18-19(10-7-11-23(18)31-2)25(30)28-17-12-13-21(26)20(14-17)24-27-15-22(29-24)16-8-5-4-6-9-16/h4-15H,3H2,1-2H3,(H,27,29)(H,28,30). The number of aromatic amines is 1. The summed E-state index contributed by atoms with van der Waals surface area (Å²) < 4.78 is 5.40. The summed E-state index contributed by atoms with van der Waals surface area (Å²) in [6, 6.07) is 20.8. The predicted molar refractivity (Wildman–Crippen MR) is 125 cm³/mol. The fourth-order valence-electron chi connectivity index (χ4n) is 3.54. The Kier molecular flexibility index (Phi) is 6.05. The Bertz CT molecular complexity index is 1220. The number of amides is 1. The van der Waals surface area contributed by atoms with E-state index < -0.39 is 0 Å². The van der Waals surface area contributed by atoms with Crippen LogP contribution in [0.4, 0.5) is 5.69 Å². The van der Waals surface area contributed by atoms with Crippen LogP contribution in [-0.4, -0.2) is 23.0 Å². The first kappa shape index (κ1) is 20.7. The van der Waals surface area contributed by atoms with Gasteiger partial charge in [-0.25, -0.2) is 4.98 Å². The Balaban J connectivity index is 1.62. The number of hydrogen-bond donors (Lipinski definition) is 2. The van der Waals surface area contributed by atoms with E-state index in [1.165, 1.54) is 0 Å². The number of nitrogens with zero attached hydrogens (tertiary/aromatic N) is 1. The predicted octanol–water partition coefficient (Wildman–Crippen LogP) is 6.22. The molecule has 0 fully saturated rings. The number of carbonyl (C=O) groups excluding carboxylic acids is 1. The minimum absolute atomic E-state index is 0.201. The van der Waals surface area contributed by atoms with E-state index in [-0.39, 0.29) is 5.91 Å². The van der Waals surface area contributed by atoms with Crippen molar-refractivity contribution < 1.29 is 9.53 Å². The van der Waals surface area contributed by atoms with Crippen LogP contribution >= 0.6 is 11.6 Å². The van der Waals surface area contributed by atoms with Gasteiger partial charge in [0.1, 0.15) is 11.6 Å². The summed E-state index contributed by atoms with van der Waals surface area (Å²) in [7, 11) is 1.61. The normalized spacial score (nSPS) is 10.7. The number of hydrogen-bond acceptors (Lipinski definition) is 3. The van der Waals surface area contributed by atoms with Crippen LogP contribution in [0.3, 0.4) is 0 Å². The monoisotopic (exact) mass is 431 g/mol. The topological polar surface area (TPSA) is 67.0 Å². The van der Waals surface area contributed by atoms with E-state index in [1.54, 1.807) is 31.5 Å². The van der Waals surface area contributed by atoms with E-state index in [4.69, 9.17) is 16.3 Å². The molecule has 156 valence electrons. The lowest BCUT2D eigenvalue weighted by atomic mass is 10.0. The van der Waals surface area contributed by atoms with Crippen LogP contribution in [0.5, 0.6) is 5.75 Å². The maximum atomic E-state index is 13.0. The van der Waals surface area contributed by atoms with Gasteiger partial charge in [0.05, 0.1) is 24.0 Å². The molecule has 5 nitrogen and oxygen atoms in total. The molecular formula is C25H22ClN3O2. The minimum Gasteiger partial charge on any atom is -0.496 e. The zero-order valence-corrected chi connectivity index (χ0v) is 18.0. The molecule has 1 aromatic heterocycles.